The van der Waals surface area contributed by atoms with Gasteiger partial charge < -0.3 is 5.11 Å². The average Bonchev–Trinajstić information content (AvgIpc) is 3.14. The Kier molecular flexibility index (Phi) is 2.04. The van der Waals surface area contributed by atoms with E-state index in [1.54, 1.807) is 0 Å². The second-order valence-electron chi connectivity index (χ2n) is 6.13. The Morgan fingerprint density at radius 2 is 1.68 bits per heavy atom. The number of nitrogens with zero attached hydrogens (tertiary/aromatic N) is 1. The maximum atomic E-state index is 12.4. The number of aliphatic carboxylic acids is 1. The third kappa shape index (κ3) is 1.33. The molecule has 100 valence electrons. The molecule has 2 bridgehead atoms. The third-order valence-electron chi connectivity index (χ3n) is 5.30. The molecule has 1 saturated heterocycles. The second kappa shape index (κ2) is 3.46. The van der Waals surface area contributed by atoms with Crippen molar-refractivity contribution in [2.75, 3.05) is 6.54 Å². The number of carbonyl (C=O) groups is 3. The summed E-state index contributed by atoms with van der Waals surface area (Å²) in [6, 6.07) is 0. The highest BCUT2D eigenvalue weighted by molar-refractivity contribution is 6.06. The van der Waals surface area contributed by atoms with Crippen LogP contribution in [-0.2, 0) is 14.4 Å². The first-order valence-corrected chi connectivity index (χ1v) is 6.85. The van der Waals surface area contributed by atoms with Crippen LogP contribution in [0.25, 0.3) is 0 Å². The van der Waals surface area contributed by atoms with Crippen LogP contribution < -0.4 is 0 Å². The number of rotatable bonds is 3. The summed E-state index contributed by atoms with van der Waals surface area (Å²) in [5.41, 5.74) is 0. The Hall–Kier alpha value is -1.65. The van der Waals surface area contributed by atoms with E-state index in [1.165, 1.54) is 4.90 Å². The minimum Gasteiger partial charge on any atom is -0.481 e. The zero-order chi connectivity index (χ0) is 13.3. The van der Waals surface area contributed by atoms with E-state index in [4.69, 9.17) is 5.11 Å². The number of hydrogen-bond donors (Lipinski definition) is 1. The van der Waals surface area contributed by atoms with Gasteiger partial charge in [-0.3, -0.25) is 19.3 Å². The lowest BCUT2D eigenvalue weighted by Crippen LogP contribution is -2.40. The Bertz CT molecular complexity index is 490. The van der Waals surface area contributed by atoms with Crippen LogP contribution in [0.15, 0.2) is 12.2 Å². The summed E-state index contributed by atoms with van der Waals surface area (Å²) in [7, 11) is 0. The SMILES string of the molecule is O=C(O)CCN1C(=O)[C@H]2[C@@H]3C=C[C@H]([C@H]4C[C@H]34)[C@@H]2C1=O. The largest absolute Gasteiger partial charge is 0.481 e. The van der Waals surface area contributed by atoms with Gasteiger partial charge >= 0.3 is 5.97 Å². The maximum Gasteiger partial charge on any atom is 0.305 e. The summed E-state index contributed by atoms with van der Waals surface area (Å²) in [6.45, 7) is 0.0226. The number of likely N-dealkylation sites (tertiary alicyclic amines) is 1. The highest BCUT2D eigenvalue weighted by Crippen LogP contribution is 2.65. The van der Waals surface area contributed by atoms with Crippen LogP contribution >= 0.6 is 0 Å². The van der Waals surface area contributed by atoms with Crippen molar-refractivity contribution in [1.29, 1.82) is 0 Å². The molecule has 1 N–H and O–H groups in total. The minimum atomic E-state index is -0.973. The molecule has 0 aromatic heterocycles. The monoisotopic (exact) mass is 261 g/mol. The topological polar surface area (TPSA) is 74.7 Å². The molecule has 5 aliphatic rings. The van der Waals surface area contributed by atoms with Crippen LogP contribution in [0.4, 0.5) is 0 Å². The number of carboxylic acid groups (broad SMARTS) is 1. The molecule has 0 unspecified atom stereocenters. The normalized spacial score (nSPS) is 45.4. The lowest BCUT2D eigenvalue weighted by atomic mass is 9.63. The summed E-state index contributed by atoms with van der Waals surface area (Å²) in [6.07, 6.45) is 5.22. The molecular formula is C14H15NO4. The molecule has 5 heteroatoms. The van der Waals surface area contributed by atoms with E-state index >= 15 is 0 Å². The fourth-order valence-electron chi connectivity index (χ4n) is 4.45. The summed E-state index contributed by atoms with van der Waals surface area (Å²) in [5.74, 6) is -0.0567. The van der Waals surface area contributed by atoms with Gasteiger partial charge in [-0.25, -0.2) is 0 Å². The molecule has 6 atom stereocenters. The highest BCUT2D eigenvalue weighted by atomic mass is 16.4. The van der Waals surface area contributed by atoms with Crippen molar-refractivity contribution in [2.24, 2.45) is 35.5 Å². The smallest absolute Gasteiger partial charge is 0.305 e. The van der Waals surface area contributed by atoms with Crippen molar-refractivity contribution in [2.45, 2.75) is 12.8 Å². The lowest BCUT2D eigenvalue weighted by Gasteiger charge is -2.37. The Labute approximate surface area is 110 Å². The Morgan fingerprint density at radius 3 is 2.16 bits per heavy atom. The van der Waals surface area contributed by atoms with Crippen molar-refractivity contribution in [3.63, 3.8) is 0 Å². The second-order valence-corrected chi connectivity index (χ2v) is 6.13. The summed E-state index contributed by atoms with van der Waals surface area (Å²) >= 11 is 0. The van der Waals surface area contributed by atoms with E-state index in [-0.39, 0.29) is 48.5 Å². The van der Waals surface area contributed by atoms with E-state index < -0.39 is 5.97 Å². The van der Waals surface area contributed by atoms with Gasteiger partial charge in [-0.05, 0) is 30.1 Å². The van der Waals surface area contributed by atoms with Crippen molar-refractivity contribution in [3.05, 3.63) is 12.2 Å². The zero-order valence-corrected chi connectivity index (χ0v) is 10.4. The van der Waals surface area contributed by atoms with E-state index in [0.29, 0.717) is 11.8 Å². The number of amides is 2. The van der Waals surface area contributed by atoms with Crippen LogP contribution in [0.2, 0.25) is 0 Å². The Balaban J connectivity index is 1.63. The average molecular weight is 261 g/mol. The number of imide groups is 1. The Morgan fingerprint density at radius 1 is 1.16 bits per heavy atom. The molecule has 3 fully saturated rings. The zero-order valence-electron chi connectivity index (χ0n) is 10.4. The lowest BCUT2D eigenvalue weighted by molar-refractivity contribution is -0.142. The predicted molar refractivity (Wildman–Crippen MR) is 63.7 cm³/mol. The molecule has 1 heterocycles. The van der Waals surface area contributed by atoms with Gasteiger partial charge in [0.25, 0.3) is 0 Å². The van der Waals surface area contributed by atoms with Crippen LogP contribution in [0.1, 0.15) is 12.8 Å². The minimum absolute atomic E-state index is 0.0226. The van der Waals surface area contributed by atoms with Crippen molar-refractivity contribution >= 4 is 17.8 Å². The summed E-state index contributed by atoms with van der Waals surface area (Å²) in [5, 5.41) is 8.71. The highest BCUT2D eigenvalue weighted by Gasteiger charge is 2.66. The van der Waals surface area contributed by atoms with Gasteiger partial charge in [-0.15, -0.1) is 0 Å². The van der Waals surface area contributed by atoms with E-state index in [0.717, 1.165) is 6.42 Å². The molecule has 2 amide bonds. The molecule has 19 heavy (non-hydrogen) atoms. The van der Waals surface area contributed by atoms with Crippen LogP contribution in [0.3, 0.4) is 0 Å². The van der Waals surface area contributed by atoms with Gasteiger partial charge in [0.2, 0.25) is 11.8 Å². The van der Waals surface area contributed by atoms with Crippen LogP contribution in [-0.4, -0.2) is 34.3 Å². The molecule has 0 spiro atoms. The molecule has 2 saturated carbocycles. The first kappa shape index (κ1) is 11.2. The van der Waals surface area contributed by atoms with Gasteiger partial charge in [-0.1, -0.05) is 12.2 Å². The van der Waals surface area contributed by atoms with Crippen LogP contribution in [0, 0.1) is 35.5 Å². The molecule has 0 radical (unpaired) electrons. The van der Waals surface area contributed by atoms with Gasteiger partial charge in [0, 0.05) is 6.54 Å². The summed E-state index contributed by atoms with van der Waals surface area (Å²) in [4.78, 5) is 36.6. The van der Waals surface area contributed by atoms with Gasteiger partial charge in [0.1, 0.15) is 0 Å². The fraction of sp³-hybridized carbons (Fsp3) is 0.643. The molecular weight excluding hydrogens is 246 g/mol. The third-order valence-corrected chi connectivity index (χ3v) is 5.30. The molecule has 5 nitrogen and oxygen atoms in total. The standard InChI is InChI=1S/C14H15NO4/c16-10(17)3-4-15-13(18)11-6-1-2-7(9-5-8(6)9)12(11)14(15)19/h1-2,6-9,11-12H,3-5H2,(H,16,17)/t6-,7-,8-,9-,11+,12+/m1/s1. The molecule has 1 aliphatic heterocycles. The maximum absolute atomic E-state index is 12.4. The molecule has 5 rings (SSSR count). The number of hydrogen-bond acceptors (Lipinski definition) is 3. The van der Waals surface area contributed by atoms with Gasteiger partial charge in [-0.2, -0.15) is 0 Å². The van der Waals surface area contributed by atoms with Gasteiger partial charge in [0.05, 0.1) is 18.3 Å². The van der Waals surface area contributed by atoms with E-state index in [9.17, 15) is 14.4 Å². The van der Waals surface area contributed by atoms with Gasteiger partial charge in [0.15, 0.2) is 0 Å². The predicted octanol–water partition coefficient (Wildman–Crippen LogP) is 0.514. The summed E-state index contributed by atoms with van der Waals surface area (Å²) < 4.78 is 0. The first-order valence-electron chi connectivity index (χ1n) is 6.85. The van der Waals surface area contributed by atoms with E-state index in [2.05, 4.69) is 12.2 Å². The first-order chi connectivity index (χ1) is 9.09. The van der Waals surface area contributed by atoms with Crippen LogP contribution in [0.5, 0.6) is 0 Å². The molecule has 0 aromatic rings. The number of carboxylic acids is 1. The number of allylic oxidation sites excluding steroid dienone is 2. The molecule has 4 aliphatic carbocycles. The van der Waals surface area contributed by atoms with Crippen molar-refractivity contribution in [1.82, 2.24) is 4.90 Å². The van der Waals surface area contributed by atoms with E-state index in [1.807, 2.05) is 0 Å². The quantitative estimate of drug-likeness (QED) is 0.593. The van der Waals surface area contributed by atoms with Crippen molar-refractivity contribution in [3.8, 4) is 0 Å². The molecule has 0 aromatic carbocycles. The fourth-order valence-corrected chi connectivity index (χ4v) is 4.45. The number of carbonyl (C=O) groups excluding carboxylic acids is 2. The van der Waals surface area contributed by atoms with Crippen molar-refractivity contribution < 1.29 is 19.5 Å².